The van der Waals surface area contributed by atoms with Gasteiger partial charge in [0.25, 0.3) is 0 Å². The highest BCUT2D eigenvalue weighted by Gasteiger charge is 2.26. The first-order valence-electron chi connectivity index (χ1n) is 6.25. The molecule has 0 aliphatic carbocycles. The standard InChI is InChI=1S/C13H26N2O/c1-11(16)14(5)12-7-6-8-15(9-12)10-13(2,3)4/h12H,6-10H2,1-5H3/t12-/m1/s1. The lowest BCUT2D eigenvalue weighted by atomic mass is 9.94. The Hall–Kier alpha value is -0.570. The van der Waals surface area contributed by atoms with Crippen LogP contribution in [-0.4, -0.2) is 48.4 Å². The molecule has 1 aliphatic heterocycles. The summed E-state index contributed by atoms with van der Waals surface area (Å²) in [5, 5.41) is 0. The number of hydrogen-bond acceptors (Lipinski definition) is 2. The largest absolute Gasteiger partial charge is 0.342 e. The van der Waals surface area contributed by atoms with Gasteiger partial charge in [0.05, 0.1) is 0 Å². The Kier molecular flexibility index (Phi) is 4.36. The van der Waals surface area contributed by atoms with Crippen LogP contribution in [0, 0.1) is 5.41 Å². The van der Waals surface area contributed by atoms with Crippen molar-refractivity contribution in [1.82, 2.24) is 9.80 Å². The van der Waals surface area contributed by atoms with Gasteiger partial charge in [-0.05, 0) is 24.8 Å². The zero-order valence-corrected chi connectivity index (χ0v) is 11.4. The van der Waals surface area contributed by atoms with Crippen molar-refractivity contribution in [2.24, 2.45) is 5.41 Å². The van der Waals surface area contributed by atoms with Gasteiger partial charge in [0.15, 0.2) is 0 Å². The molecule has 0 saturated carbocycles. The van der Waals surface area contributed by atoms with Gasteiger partial charge in [0, 0.05) is 33.1 Å². The summed E-state index contributed by atoms with van der Waals surface area (Å²) in [6.07, 6.45) is 2.36. The molecule has 0 aromatic heterocycles. The number of rotatable bonds is 2. The van der Waals surface area contributed by atoms with Crippen molar-refractivity contribution in [3.63, 3.8) is 0 Å². The minimum Gasteiger partial charge on any atom is -0.342 e. The Morgan fingerprint density at radius 2 is 2.06 bits per heavy atom. The third-order valence-corrected chi connectivity index (χ3v) is 3.22. The van der Waals surface area contributed by atoms with E-state index in [-0.39, 0.29) is 5.91 Å². The van der Waals surface area contributed by atoms with E-state index in [0.29, 0.717) is 11.5 Å². The molecular weight excluding hydrogens is 200 g/mol. The molecule has 1 rings (SSSR count). The molecule has 0 unspecified atom stereocenters. The van der Waals surface area contributed by atoms with Crippen molar-refractivity contribution in [3.8, 4) is 0 Å². The summed E-state index contributed by atoms with van der Waals surface area (Å²) in [7, 11) is 1.92. The average molecular weight is 226 g/mol. The van der Waals surface area contributed by atoms with E-state index in [9.17, 15) is 4.79 Å². The number of amides is 1. The van der Waals surface area contributed by atoms with Gasteiger partial charge >= 0.3 is 0 Å². The maximum atomic E-state index is 11.3. The van der Waals surface area contributed by atoms with E-state index in [2.05, 4.69) is 25.7 Å². The van der Waals surface area contributed by atoms with Crippen molar-refractivity contribution in [1.29, 1.82) is 0 Å². The average Bonchev–Trinajstić information content (AvgIpc) is 2.14. The van der Waals surface area contributed by atoms with Crippen LogP contribution in [0.1, 0.15) is 40.5 Å². The minimum absolute atomic E-state index is 0.183. The van der Waals surface area contributed by atoms with Crippen LogP contribution in [0.3, 0.4) is 0 Å². The Bertz CT molecular complexity index is 245. The lowest BCUT2D eigenvalue weighted by Crippen LogP contribution is -2.49. The van der Waals surface area contributed by atoms with E-state index >= 15 is 0 Å². The fraction of sp³-hybridized carbons (Fsp3) is 0.923. The zero-order valence-electron chi connectivity index (χ0n) is 11.4. The van der Waals surface area contributed by atoms with Crippen molar-refractivity contribution in [2.45, 2.75) is 46.6 Å². The monoisotopic (exact) mass is 226 g/mol. The molecule has 94 valence electrons. The molecule has 1 amide bonds. The molecule has 1 heterocycles. The quantitative estimate of drug-likeness (QED) is 0.719. The van der Waals surface area contributed by atoms with Crippen molar-refractivity contribution < 1.29 is 4.79 Å². The van der Waals surface area contributed by atoms with Gasteiger partial charge in [0.2, 0.25) is 5.91 Å². The number of carbonyl (C=O) groups excluding carboxylic acids is 1. The summed E-state index contributed by atoms with van der Waals surface area (Å²) in [5.41, 5.74) is 0.344. The lowest BCUT2D eigenvalue weighted by molar-refractivity contribution is -0.130. The number of likely N-dealkylation sites (tertiary alicyclic amines) is 1. The van der Waals surface area contributed by atoms with E-state index in [4.69, 9.17) is 0 Å². The molecule has 3 heteroatoms. The summed E-state index contributed by atoms with van der Waals surface area (Å²) in [5.74, 6) is 0.183. The van der Waals surface area contributed by atoms with Gasteiger partial charge in [-0.15, -0.1) is 0 Å². The number of carbonyl (C=O) groups is 1. The molecule has 1 saturated heterocycles. The second kappa shape index (κ2) is 5.17. The van der Waals surface area contributed by atoms with Crippen LogP contribution >= 0.6 is 0 Å². The molecule has 0 N–H and O–H groups in total. The maximum Gasteiger partial charge on any atom is 0.219 e. The van der Waals surface area contributed by atoms with Crippen molar-refractivity contribution in [3.05, 3.63) is 0 Å². The van der Waals surface area contributed by atoms with E-state index in [1.54, 1.807) is 6.92 Å². The van der Waals surface area contributed by atoms with Crippen molar-refractivity contribution >= 4 is 5.91 Å². The van der Waals surface area contributed by atoms with Gasteiger partial charge in [-0.25, -0.2) is 0 Å². The van der Waals surface area contributed by atoms with E-state index < -0.39 is 0 Å². The predicted molar refractivity (Wildman–Crippen MR) is 67.4 cm³/mol. The summed E-state index contributed by atoms with van der Waals surface area (Å²) >= 11 is 0. The predicted octanol–water partition coefficient (Wildman–Crippen LogP) is 1.98. The van der Waals surface area contributed by atoms with Gasteiger partial charge in [-0.1, -0.05) is 20.8 Å². The summed E-state index contributed by atoms with van der Waals surface area (Å²) in [4.78, 5) is 15.7. The molecule has 0 bridgehead atoms. The minimum atomic E-state index is 0.183. The first kappa shape index (κ1) is 13.5. The Morgan fingerprint density at radius 1 is 1.44 bits per heavy atom. The molecule has 1 fully saturated rings. The SMILES string of the molecule is CC(=O)N(C)[C@@H]1CCCN(CC(C)(C)C)C1. The molecule has 0 aromatic rings. The van der Waals surface area contributed by atoms with Gasteiger partial charge in [-0.2, -0.15) is 0 Å². The fourth-order valence-corrected chi connectivity index (χ4v) is 2.42. The van der Waals surface area contributed by atoms with Crippen molar-refractivity contribution in [2.75, 3.05) is 26.7 Å². The molecule has 1 atom stereocenters. The zero-order chi connectivity index (χ0) is 12.3. The highest BCUT2D eigenvalue weighted by Crippen LogP contribution is 2.20. The van der Waals surface area contributed by atoms with Crippen LogP contribution < -0.4 is 0 Å². The van der Waals surface area contributed by atoms with Crippen LogP contribution in [0.25, 0.3) is 0 Å². The molecular formula is C13H26N2O. The lowest BCUT2D eigenvalue weighted by Gasteiger charge is -2.39. The normalized spacial score (nSPS) is 23.2. The number of likely N-dealkylation sites (N-methyl/N-ethyl adjacent to an activating group) is 1. The fourth-order valence-electron chi connectivity index (χ4n) is 2.42. The van der Waals surface area contributed by atoms with Gasteiger partial charge in [-0.3, -0.25) is 4.79 Å². The number of nitrogens with zero attached hydrogens (tertiary/aromatic N) is 2. The molecule has 16 heavy (non-hydrogen) atoms. The first-order valence-corrected chi connectivity index (χ1v) is 6.25. The second-order valence-corrected chi connectivity index (χ2v) is 6.22. The highest BCUT2D eigenvalue weighted by atomic mass is 16.2. The first-order chi connectivity index (χ1) is 7.29. The second-order valence-electron chi connectivity index (χ2n) is 6.22. The van der Waals surface area contributed by atoms with Gasteiger partial charge < -0.3 is 9.80 Å². The summed E-state index contributed by atoms with van der Waals surface area (Å²) in [6.45, 7) is 11.8. The molecule has 0 radical (unpaired) electrons. The van der Waals surface area contributed by atoms with Gasteiger partial charge in [0.1, 0.15) is 0 Å². The highest BCUT2D eigenvalue weighted by molar-refractivity contribution is 5.73. The number of hydrogen-bond donors (Lipinski definition) is 0. The Labute approximate surface area is 99.8 Å². The van der Waals surface area contributed by atoms with Crippen LogP contribution in [0.15, 0.2) is 0 Å². The maximum absolute atomic E-state index is 11.3. The van der Waals surface area contributed by atoms with Crippen LogP contribution in [-0.2, 0) is 4.79 Å². The third kappa shape index (κ3) is 4.12. The van der Waals surface area contributed by atoms with E-state index in [1.165, 1.54) is 13.0 Å². The third-order valence-electron chi connectivity index (χ3n) is 3.22. The molecule has 0 aromatic carbocycles. The molecule has 3 nitrogen and oxygen atoms in total. The molecule has 1 aliphatic rings. The Balaban J connectivity index is 2.50. The van der Waals surface area contributed by atoms with E-state index in [0.717, 1.165) is 19.5 Å². The van der Waals surface area contributed by atoms with E-state index in [1.807, 2.05) is 11.9 Å². The smallest absolute Gasteiger partial charge is 0.219 e. The van der Waals surface area contributed by atoms with Crippen LogP contribution in [0.4, 0.5) is 0 Å². The number of piperidine rings is 1. The summed E-state index contributed by atoms with van der Waals surface area (Å²) in [6, 6.07) is 0.411. The van der Waals surface area contributed by atoms with Crippen LogP contribution in [0.5, 0.6) is 0 Å². The Morgan fingerprint density at radius 3 is 2.56 bits per heavy atom. The van der Waals surface area contributed by atoms with Crippen LogP contribution in [0.2, 0.25) is 0 Å². The molecule has 0 spiro atoms. The topological polar surface area (TPSA) is 23.6 Å². The summed E-state index contributed by atoms with van der Waals surface area (Å²) < 4.78 is 0.